The molecule has 0 aliphatic heterocycles. The van der Waals surface area contributed by atoms with Crippen LogP contribution < -0.4 is 39.4 Å². The number of carbonyl (C=O) groups is 1. The molecule has 0 atom stereocenters. The standard InChI is InChI=1S/C29H22Cl2N2O4.Na/c1-16(2)28-21(27(33-37-28)26-22(30)4-3-5-23(26)31)15-36-20-10-6-17(7-11-20)18-8-12-24-19(14-18)9-13-25(32-24)29(34)35;/h3-14,16H,15H2,1-2H3,(H,34,35);/q;+1/p-1. The van der Waals surface area contributed by atoms with Crippen LogP contribution in [0.3, 0.4) is 0 Å². The summed E-state index contributed by atoms with van der Waals surface area (Å²) in [7, 11) is 0. The number of hydrogen-bond donors (Lipinski definition) is 0. The quantitative estimate of drug-likeness (QED) is 0.283. The molecule has 0 saturated heterocycles. The third-order valence-corrected chi connectivity index (χ3v) is 6.64. The molecule has 0 spiro atoms. The number of carboxylic acid groups (broad SMARTS) is 1. The zero-order chi connectivity index (χ0) is 26.1. The van der Waals surface area contributed by atoms with Crippen LogP contribution in [0.2, 0.25) is 10.0 Å². The molecule has 3 aromatic carbocycles. The first-order valence-corrected chi connectivity index (χ1v) is 12.4. The topological polar surface area (TPSA) is 88.3 Å². The van der Waals surface area contributed by atoms with E-state index in [2.05, 4.69) is 10.1 Å². The van der Waals surface area contributed by atoms with E-state index < -0.39 is 5.97 Å². The van der Waals surface area contributed by atoms with Crippen molar-refractivity contribution in [3.63, 3.8) is 0 Å². The summed E-state index contributed by atoms with van der Waals surface area (Å²) in [6.07, 6.45) is 0. The molecular weight excluding hydrogens is 534 g/mol. The van der Waals surface area contributed by atoms with E-state index in [0.29, 0.717) is 38.3 Å². The third kappa shape index (κ3) is 5.75. The molecule has 38 heavy (non-hydrogen) atoms. The van der Waals surface area contributed by atoms with Crippen LogP contribution in [0, 0.1) is 0 Å². The number of halogens is 2. The van der Waals surface area contributed by atoms with Crippen LogP contribution in [0.4, 0.5) is 0 Å². The second-order valence-electron chi connectivity index (χ2n) is 8.83. The summed E-state index contributed by atoms with van der Waals surface area (Å²) >= 11 is 12.9. The summed E-state index contributed by atoms with van der Waals surface area (Å²) in [6.45, 7) is 4.28. The smallest absolute Gasteiger partial charge is 0.543 e. The molecule has 5 rings (SSSR count). The maximum absolute atomic E-state index is 11.1. The Labute approximate surface area is 251 Å². The summed E-state index contributed by atoms with van der Waals surface area (Å²) in [5.41, 5.74) is 4.45. The maximum Gasteiger partial charge on any atom is 1.00 e. The van der Waals surface area contributed by atoms with Crippen LogP contribution in [-0.4, -0.2) is 16.1 Å². The fourth-order valence-electron chi connectivity index (χ4n) is 4.15. The van der Waals surface area contributed by atoms with Crippen molar-refractivity contribution in [2.75, 3.05) is 0 Å². The van der Waals surface area contributed by atoms with Crippen molar-refractivity contribution in [3.8, 4) is 28.1 Å². The van der Waals surface area contributed by atoms with Crippen LogP contribution >= 0.6 is 23.2 Å². The number of benzene rings is 3. The number of nitrogens with zero attached hydrogens (tertiary/aromatic N) is 2. The predicted molar refractivity (Wildman–Crippen MR) is 142 cm³/mol. The predicted octanol–water partition coefficient (Wildman–Crippen LogP) is 3.93. The van der Waals surface area contributed by atoms with Gasteiger partial charge in [-0.05, 0) is 53.6 Å². The first-order valence-electron chi connectivity index (χ1n) is 11.6. The Bertz CT molecular complexity index is 1600. The Morgan fingerprint density at radius 3 is 2.32 bits per heavy atom. The molecule has 0 aliphatic carbocycles. The molecule has 0 bridgehead atoms. The molecule has 186 valence electrons. The second-order valence-corrected chi connectivity index (χ2v) is 9.64. The second kappa shape index (κ2) is 11.9. The van der Waals surface area contributed by atoms with Gasteiger partial charge in [0.25, 0.3) is 0 Å². The minimum absolute atomic E-state index is 0. The van der Waals surface area contributed by atoms with E-state index in [0.717, 1.165) is 22.1 Å². The molecule has 0 N–H and O–H groups in total. The number of hydrogen-bond acceptors (Lipinski definition) is 6. The largest absolute Gasteiger partial charge is 1.00 e. The van der Waals surface area contributed by atoms with Crippen LogP contribution in [0.1, 0.15) is 41.6 Å². The SMILES string of the molecule is CC(C)c1onc(-c2c(Cl)cccc2Cl)c1COc1ccc(-c2ccc3nc(C(=O)[O-])ccc3c2)cc1.[Na+]. The van der Waals surface area contributed by atoms with E-state index >= 15 is 0 Å². The summed E-state index contributed by atoms with van der Waals surface area (Å²) in [4.78, 5) is 15.2. The normalized spacial score (nSPS) is 11.0. The van der Waals surface area contributed by atoms with Gasteiger partial charge in [-0.25, -0.2) is 4.98 Å². The average Bonchev–Trinajstić information content (AvgIpc) is 3.31. The molecule has 6 nitrogen and oxygen atoms in total. The van der Waals surface area contributed by atoms with Crippen LogP contribution in [0.25, 0.3) is 33.3 Å². The molecule has 0 saturated carbocycles. The van der Waals surface area contributed by atoms with Gasteiger partial charge in [0, 0.05) is 16.9 Å². The molecule has 0 unspecified atom stereocenters. The number of rotatable bonds is 7. The van der Waals surface area contributed by atoms with Gasteiger partial charge in [-0.15, -0.1) is 0 Å². The van der Waals surface area contributed by atoms with Gasteiger partial charge in [0.2, 0.25) is 0 Å². The Balaban J connectivity index is 0.00000336. The van der Waals surface area contributed by atoms with Crippen molar-refractivity contribution in [1.29, 1.82) is 0 Å². The van der Waals surface area contributed by atoms with Gasteiger partial charge in [0.1, 0.15) is 23.8 Å². The number of pyridine rings is 1. The zero-order valence-electron chi connectivity index (χ0n) is 21.0. The van der Waals surface area contributed by atoms with Gasteiger partial charge in [-0.3, -0.25) is 0 Å². The molecule has 9 heteroatoms. The monoisotopic (exact) mass is 554 g/mol. The van der Waals surface area contributed by atoms with Crippen molar-refractivity contribution >= 4 is 40.1 Å². The Morgan fingerprint density at radius 2 is 1.66 bits per heavy atom. The number of aromatic carboxylic acids is 1. The molecule has 0 aliphatic rings. The van der Waals surface area contributed by atoms with Crippen molar-refractivity contribution in [2.45, 2.75) is 26.4 Å². The van der Waals surface area contributed by atoms with E-state index in [1.807, 2.05) is 50.2 Å². The van der Waals surface area contributed by atoms with Crippen molar-refractivity contribution in [1.82, 2.24) is 10.1 Å². The van der Waals surface area contributed by atoms with Gasteiger partial charge in [0.05, 0.1) is 32.8 Å². The molecule has 0 amide bonds. The zero-order valence-corrected chi connectivity index (χ0v) is 24.5. The fourth-order valence-corrected chi connectivity index (χ4v) is 4.73. The Morgan fingerprint density at radius 1 is 0.974 bits per heavy atom. The van der Waals surface area contributed by atoms with Gasteiger partial charge in [0.15, 0.2) is 0 Å². The Kier molecular flexibility index (Phi) is 8.81. The molecule has 2 aromatic heterocycles. The number of aromatic nitrogens is 2. The molecule has 0 radical (unpaired) electrons. The molecule has 5 aromatic rings. The number of carboxylic acids is 1. The van der Waals surface area contributed by atoms with Gasteiger partial charge in [-0.1, -0.05) is 72.5 Å². The Hall–Kier alpha value is -2.87. The summed E-state index contributed by atoms with van der Waals surface area (Å²) in [5.74, 6) is 0.190. The first kappa shape index (κ1) is 28.1. The minimum Gasteiger partial charge on any atom is -0.543 e. The molecule has 2 heterocycles. The molecular formula is C29H21Cl2N2NaO4. The molecule has 0 fully saturated rings. The van der Waals surface area contributed by atoms with E-state index in [1.165, 1.54) is 6.07 Å². The summed E-state index contributed by atoms with van der Waals surface area (Å²) < 4.78 is 11.8. The maximum atomic E-state index is 11.1. The van der Waals surface area contributed by atoms with E-state index in [9.17, 15) is 9.90 Å². The number of ether oxygens (including phenoxy) is 1. The number of carbonyl (C=O) groups excluding carboxylic acids is 1. The van der Waals surface area contributed by atoms with Crippen LogP contribution in [0.15, 0.2) is 77.3 Å². The summed E-state index contributed by atoms with van der Waals surface area (Å²) in [6, 6.07) is 21.8. The first-order chi connectivity index (χ1) is 17.8. The van der Waals surface area contributed by atoms with E-state index in [1.54, 1.807) is 30.3 Å². The van der Waals surface area contributed by atoms with Crippen LogP contribution in [0.5, 0.6) is 5.75 Å². The van der Waals surface area contributed by atoms with Crippen molar-refractivity contribution in [3.05, 3.63) is 99.9 Å². The number of fused-ring (bicyclic) bond motifs is 1. The fraction of sp³-hybridized carbons (Fsp3) is 0.138. The van der Waals surface area contributed by atoms with Crippen LogP contribution in [-0.2, 0) is 6.61 Å². The minimum atomic E-state index is -1.30. The van der Waals surface area contributed by atoms with Gasteiger partial charge >= 0.3 is 29.6 Å². The van der Waals surface area contributed by atoms with Crippen molar-refractivity contribution in [2.24, 2.45) is 0 Å². The van der Waals surface area contributed by atoms with Gasteiger partial charge < -0.3 is 19.2 Å². The summed E-state index contributed by atoms with van der Waals surface area (Å²) in [5, 5.41) is 17.1. The van der Waals surface area contributed by atoms with Gasteiger partial charge in [-0.2, -0.15) is 0 Å². The van der Waals surface area contributed by atoms with E-state index in [4.69, 9.17) is 32.5 Å². The van der Waals surface area contributed by atoms with Crippen molar-refractivity contribution < 1.29 is 48.7 Å². The third-order valence-electron chi connectivity index (χ3n) is 6.01. The van der Waals surface area contributed by atoms with E-state index in [-0.39, 0.29) is 47.8 Å². The average molecular weight is 555 g/mol.